The molecule has 0 aromatic carbocycles. The van der Waals surface area contributed by atoms with E-state index >= 15 is 0 Å². The summed E-state index contributed by atoms with van der Waals surface area (Å²) in [5.41, 5.74) is 2.35. The third kappa shape index (κ3) is 2.50. The van der Waals surface area contributed by atoms with E-state index in [1.54, 1.807) is 0 Å². The Bertz CT molecular complexity index is 312. The van der Waals surface area contributed by atoms with E-state index in [2.05, 4.69) is 28.9 Å². The summed E-state index contributed by atoms with van der Waals surface area (Å²) in [5, 5.41) is 11.4. The molecule has 15 heavy (non-hydrogen) atoms. The lowest BCUT2D eigenvalue weighted by Gasteiger charge is -2.11. The van der Waals surface area contributed by atoms with Crippen LogP contribution in [0.5, 0.6) is 0 Å². The van der Waals surface area contributed by atoms with Crippen molar-refractivity contribution in [1.82, 2.24) is 15.1 Å². The summed E-state index contributed by atoms with van der Waals surface area (Å²) in [4.78, 5) is 0. The van der Waals surface area contributed by atoms with Crippen LogP contribution in [0.1, 0.15) is 25.5 Å². The Morgan fingerprint density at radius 1 is 1.67 bits per heavy atom. The molecular formula is C11H20N4. The Kier molecular flexibility index (Phi) is 3.26. The molecule has 0 radical (unpaired) electrons. The molecule has 1 aliphatic rings. The number of hydrogen-bond acceptors (Lipinski definition) is 3. The van der Waals surface area contributed by atoms with Gasteiger partial charge in [-0.15, -0.1) is 0 Å². The second kappa shape index (κ2) is 4.66. The lowest BCUT2D eigenvalue weighted by molar-refractivity contribution is 0.633. The van der Waals surface area contributed by atoms with E-state index in [4.69, 9.17) is 0 Å². The van der Waals surface area contributed by atoms with Crippen LogP contribution >= 0.6 is 0 Å². The highest BCUT2D eigenvalue weighted by molar-refractivity contribution is 5.46. The molecule has 0 saturated carbocycles. The summed E-state index contributed by atoms with van der Waals surface area (Å²) in [6.07, 6.45) is 5.64. The first kappa shape index (κ1) is 10.5. The molecule has 84 valence electrons. The number of anilines is 1. The van der Waals surface area contributed by atoms with Gasteiger partial charge in [-0.1, -0.05) is 6.92 Å². The maximum Gasteiger partial charge on any atom is 0.0853 e. The standard InChI is InChI=1S/C11H20N4/c1-3-10-11(8-15(2)14-10)13-7-9-5-4-6-12-9/h8-9,12-13H,3-7H2,1-2H3. The molecule has 1 aromatic heterocycles. The van der Waals surface area contributed by atoms with Crippen molar-refractivity contribution in [1.29, 1.82) is 0 Å². The predicted octanol–water partition coefficient (Wildman–Crippen LogP) is 1.15. The fraction of sp³-hybridized carbons (Fsp3) is 0.727. The molecule has 2 rings (SSSR count). The molecule has 0 spiro atoms. The zero-order chi connectivity index (χ0) is 10.7. The fourth-order valence-electron chi connectivity index (χ4n) is 2.11. The van der Waals surface area contributed by atoms with Crippen LogP contribution in [0.3, 0.4) is 0 Å². The molecule has 1 unspecified atom stereocenters. The third-order valence-electron chi connectivity index (χ3n) is 2.94. The van der Waals surface area contributed by atoms with E-state index in [9.17, 15) is 0 Å². The minimum atomic E-state index is 0.634. The molecular weight excluding hydrogens is 188 g/mol. The maximum atomic E-state index is 4.41. The van der Waals surface area contributed by atoms with Gasteiger partial charge in [-0.05, 0) is 25.8 Å². The molecule has 4 nitrogen and oxygen atoms in total. The highest BCUT2D eigenvalue weighted by atomic mass is 15.3. The Morgan fingerprint density at radius 2 is 2.53 bits per heavy atom. The summed E-state index contributed by atoms with van der Waals surface area (Å²) in [7, 11) is 1.97. The molecule has 1 aliphatic heterocycles. The second-order valence-electron chi connectivity index (χ2n) is 4.19. The van der Waals surface area contributed by atoms with E-state index in [1.165, 1.54) is 25.1 Å². The van der Waals surface area contributed by atoms with Crippen LogP contribution < -0.4 is 10.6 Å². The topological polar surface area (TPSA) is 41.9 Å². The van der Waals surface area contributed by atoms with Crippen molar-refractivity contribution in [2.75, 3.05) is 18.4 Å². The van der Waals surface area contributed by atoms with Gasteiger partial charge in [0.05, 0.1) is 11.4 Å². The summed E-state index contributed by atoms with van der Waals surface area (Å²) < 4.78 is 1.88. The van der Waals surface area contributed by atoms with Crippen molar-refractivity contribution in [3.05, 3.63) is 11.9 Å². The molecule has 2 heterocycles. The Morgan fingerprint density at radius 3 is 3.20 bits per heavy atom. The van der Waals surface area contributed by atoms with Crippen molar-refractivity contribution >= 4 is 5.69 Å². The number of hydrogen-bond donors (Lipinski definition) is 2. The average molecular weight is 208 g/mol. The van der Waals surface area contributed by atoms with Crippen molar-refractivity contribution in [3.63, 3.8) is 0 Å². The van der Waals surface area contributed by atoms with Crippen LogP contribution in [0.2, 0.25) is 0 Å². The minimum Gasteiger partial charge on any atom is -0.381 e. The highest BCUT2D eigenvalue weighted by Gasteiger charge is 2.14. The largest absolute Gasteiger partial charge is 0.381 e. The number of rotatable bonds is 4. The van der Waals surface area contributed by atoms with E-state index in [1.807, 2.05) is 11.7 Å². The SMILES string of the molecule is CCc1nn(C)cc1NCC1CCCN1. The monoisotopic (exact) mass is 208 g/mol. The van der Waals surface area contributed by atoms with Gasteiger partial charge in [-0.3, -0.25) is 4.68 Å². The first-order chi connectivity index (χ1) is 7.29. The van der Waals surface area contributed by atoms with Crippen molar-refractivity contribution < 1.29 is 0 Å². The highest BCUT2D eigenvalue weighted by Crippen LogP contribution is 2.14. The first-order valence-corrected chi connectivity index (χ1v) is 5.79. The number of aromatic nitrogens is 2. The zero-order valence-electron chi connectivity index (χ0n) is 9.58. The lowest BCUT2D eigenvalue weighted by Crippen LogP contribution is -2.29. The smallest absolute Gasteiger partial charge is 0.0853 e. The van der Waals surface area contributed by atoms with Gasteiger partial charge in [0.2, 0.25) is 0 Å². The molecule has 2 N–H and O–H groups in total. The molecule has 0 amide bonds. The average Bonchev–Trinajstić information content (AvgIpc) is 2.83. The van der Waals surface area contributed by atoms with Gasteiger partial charge in [0, 0.05) is 25.8 Å². The number of nitrogens with zero attached hydrogens (tertiary/aromatic N) is 2. The third-order valence-corrected chi connectivity index (χ3v) is 2.94. The molecule has 1 aromatic rings. The first-order valence-electron chi connectivity index (χ1n) is 5.79. The van der Waals surface area contributed by atoms with Crippen LogP contribution in [0, 0.1) is 0 Å². The second-order valence-corrected chi connectivity index (χ2v) is 4.19. The van der Waals surface area contributed by atoms with Crippen molar-refractivity contribution in [3.8, 4) is 0 Å². The van der Waals surface area contributed by atoms with Gasteiger partial charge in [-0.25, -0.2) is 0 Å². The van der Waals surface area contributed by atoms with E-state index in [0.717, 1.165) is 18.7 Å². The van der Waals surface area contributed by atoms with Crippen LogP contribution in [0.15, 0.2) is 6.20 Å². The Labute approximate surface area is 91.1 Å². The van der Waals surface area contributed by atoms with Gasteiger partial charge in [0.15, 0.2) is 0 Å². The molecule has 1 fully saturated rings. The lowest BCUT2D eigenvalue weighted by atomic mass is 10.2. The number of aryl methyl sites for hydroxylation is 2. The Hall–Kier alpha value is -1.03. The van der Waals surface area contributed by atoms with Crippen LogP contribution in [0.25, 0.3) is 0 Å². The summed E-state index contributed by atoms with van der Waals surface area (Å²) >= 11 is 0. The quantitative estimate of drug-likeness (QED) is 0.780. The maximum absolute atomic E-state index is 4.41. The van der Waals surface area contributed by atoms with E-state index in [-0.39, 0.29) is 0 Å². The fourth-order valence-corrected chi connectivity index (χ4v) is 2.11. The van der Waals surface area contributed by atoms with Gasteiger partial charge in [0.25, 0.3) is 0 Å². The van der Waals surface area contributed by atoms with Gasteiger partial charge in [0.1, 0.15) is 0 Å². The molecule has 1 atom stereocenters. The zero-order valence-corrected chi connectivity index (χ0v) is 9.58. The summed E-state index contributed by atoms with van der Waals surface area (Å²) in [6.45, 7) is 4.32. The summed E-state index contributed by atoms with van der Waals surface area (Å²) in [6, 6.07) is 0.634. The Balaban J connectivity index is 1.91. The van der Waals surface area contributed by atoms with Gasteiger partial charge in [-0.2, -0.15) is 5.10 Å². The minimum absolute atomic E-state index is 0.634. The van der Waals surface area contributed by atoms with E-state index < -0.39 is 0 Å². The van der Waals surface area contributed by atoms with Crippen LogP contribution in [-0.4, -0.2) is 28.9 Å². The van der Waals surface area contributed by atoms with Gasteiger partial charge >= 0.3 is 0 Å². The predicted molar refractivity (Wildman–Crippen MR) is 62.1 cm³/mol. The molecule has 4 heteroatoms. The van der Waals surface area contributed by atoms with Crippen LogP contribution in [0.4, 0.5) is 5.69 Å². The number of nitrogens with one attached hydrogen (secondary N) is 2. The molecule has 0 aliphatic carbocycles. The molecule has 0 bridgehead atoms. The van der Waals surface area contributed by atoms with Crippen molar-refractivity contribution in [2.24, 2.45) is 7.05 Å². The van der Waals surface area contributed by atoms with Crippen LogP contribution in [-0.2, 0) is 13.5 Å². The summed E-state index contributed by atoms with van der Waals surface area (Å²) in [5.74, 6) is 0. The molecule has 1 saturated heterocycles. The van der Waals surface area contributed by atoms with Gasteiger partial charge < -0.3 is 10.6 Å². The normalized spacial score (nSPS) is 20.8. The van der Waals surface area contributed by atoms with E-state index in [0.29, 0.717) is 6.04 Å². The van der Waals surface area contributed by atoms with Crippen molar-refractivity contribution in [2.45, 2.75) is 32.2 Å².